The summed E-state index contributed by atoms with van der Waals surface area (Å²) in [5, 5.41) is 9.87. The molecular formula is C27H22F2N6O2. The molecule has 0 spiro atoms. The predicted molar refractivity (Wildman–Crippen MR) is 135 cm³/mol. The van der Waals surface area contributed by atoms with Gasteiger partial charge in [0.2, 0.25) is 5.95 Å². The number of para-hydroxylation sites is 1. The van der Waals surface area contributed by atoms with E-state index in [1.807, 2.05) is 52.9 Å². The van der Waals surface area contributed by atoms with Gasteiger partial charge in [0.1, 0.15) is 17.4 Å². The number of fused-ring (bicyclic) bond motifs is 3. The molecule has 3 aromatic carbocycles. The number of carbonyl (C=O) groups is 1. The fourth-order valence-corrected chi connectivity index (χ4v) is 4.65. The van der Waals surface area contributed by atoms with Gasteiger partial charge in [-0.3, -0.25) is 4.79 Å². The van der Waals surface area contributed by atoms with E-state index in [1.54, 1.807) is 12.0 Å². The van der Waals surface area contributed by atoms with E-state index in [1.165, 1.54) is 6.07 Å². The molecule has 1 fully saturated rings. The molecule has 1 saturated heterocycles. The van der Waals surface area contributed by atoms with Gasteiger partial charge >= 0.3 is 0 Å². The normalized spacial score (nSPS) is 13.9. The number of hydrogen-bond donors (Lipinski definition) is 0. The minimum Gasteiger partial charge on any atom is -0.497 e. The molecule has 10 heteroatoms. The number of carbonyl (C=O) groups excluding carboxylic acids is 1. The Bertz CT molecular complexity index is 1630. The molecule has 0 aliphatic carbocycles. The van der Waals surface area contributed by atoms with Gasteiger partial charge in [-0.25, -0.2) is 18.2 Å². The van der Waals surface area contributed by atoms with E-state index in [0.717, 1.165) is 34.3 Å². The number of piperazine rings is 1. The molecule has 0 bridgehead atoms. The molecule has 0 atom stereocenters. The summed E-state index contributed by atoms with van der Waals surface area (Å²) in [7, 11) is 1.62. The molecule has 1 aliphatic rings. The average Bonchev–Trinajstić information content (AvgIpc) is 3.38. The van der Waals surface area contributed by atoms with Crippen LogP contribution < -0.4 is 9.64 Å². The Morgan fingerprint density at radius 3 is 2.41 bits per heavy atom. The summed E-state index contributed by atoms with van der Waals surface area (Å²) in [5.74, 6) is -0.00932. The summed E-state index contributed by atoms with van der Waals surface area (Å²) < 4.78 is 34.7. The lowest BCUT2D eigenvalue weighted by Crippen LogP contribution is -2.49. The van der Waals surface area contributed by atoms with Crippen LogP contribution in [0.4, 0.5) is 14.7 Å². The van der Waals surface area contributed by atoms with E-state index in [4.69, 9.17) is 9.72 Å². The number of hydrogen-bond acceptors (Lipinski definition) is 6. The van der Waals surface area contributed by atoms with Crippen molar-refractivity contribution in [2.75, 3.05) is 38.2 Å². The third-order valence-corrected chi connectivity index (χ3v) is 6.59. The van der Waals surface area contributed by atoms with E-state index in [2.05, 4.69) is 15.1 Å². The zero-order valence-electron chi connectivity index (χ0n) is 19.9. The number of ether oxygens (including phenoxy) is 1. The van der Waals surface area contributed by atoms with E-state index in [9.17, 15) is 13.6 Å². The predicted octanol–water partition coefficient (Wildman–Crippen LogP) is 4.19. The third-order valence-electron chi connectivity index (χ3n) is 6.59. The second-order valence-corrected chi connectivity index (χ2v) is 8.74. The maximum absolute atomic E-state index is 14.2. The lowest BCUT2D eigenvalue weighted by molar-refractivity contribution is 0.0741. The Labute approximate surface area is 210 Å². The summed E-state index contributed by atoms with van der Waals surface area (Å²) in [6, 6.07) is 18.3. The number of anilines is 1. The van der Waals surface area contributed by atoms with E-state index in [-0.39, 0.29) is 5.56 Å². The van der Waals surface area contributed by atoms with Crippen LogP contribution in [0.3, 0.4) is 0 Å². The van der Waals surface area contributed by atoms with Crippen LogP contribution in [0.15, 0.2) is 66.7 Å². The quantitative estimate of drug-likeness (QED) is 0.368. The summed E-state index contributed by atoms with van der Waals surface area (Å²) in [5.41, 5.74) is 2.18. The SMILES string of the molecule is COc1ccc(-c2nnc3c4ccccc4nc(N4CCN(C(=O)c5ccc(F)cc5F)CC4)n23)cc1. The Balaban J connectivity index is 1.36. The molecule has 1 amide bonds. The number of halogens is 2. The van der Waals surface area contributed by atoms with Crippen LogP contribution in [-0.2, 0) is 0 Å². The molecule has 0 unspecified atom stereocenters. The maximum atomic E-state index is 14.2. The maximum Gasteiger partial charge on any atom is 0.256 e. The first kappa shape index (κ1) is 22.8. The molecule has 0 saturated carbocycles. The Morgan fingerprint density at radius 2 is 1.68 bits per heavy atom. The summed E-state index contributed by atoms with van der Waals surface area (Å²) in [6.45, 7) is 1.64. The molecular weight excluding hydrogens is 478 g/mol. The van der Waals surface area contributed by atoms with Gasteiger partial charge in [-0.1, -0.05) is 12.1 Å². The summed E-state index contributed by atoms with van der Waals surface area (Å²) in [6.07, 6.45) is 0. The standard InChI is InChI=1S/C27H22F2N6O2/c1-37-19-9-6-17(7-10-19)24-31-32-25-21-4-2-3-5-23(21)30-27(35(24)25)34-14-12-33(13-15-34)26(36)20-11-8-18(28)16-22(20)29/h2-11,16H,12-15H2,1H3. The van der Waals surface area contributed by atoms with Gasteiger partial charge in [0, 0.05) is 43.2 Å². The highest BCUT2D eigenvalue weighted by Crippen LogP contribution is 2.30. The molecule has 8 nitrogen and oxygen atoms in total. The lowest BCUT2D eigenvalue weighted by Gasteiger charge is -2.35. The zero-order chi connectivity index (χ0) is 25.5. The number of methoxy groups -OCH3 is 1. The van der Waals surface area contributed by atoms with Crippen molar-refractivity contribution in [2.45, 2.75) is 0 Å². The van der Waals surface area contributed by atoms with Crippen LogP contribution in [0.2, 0.25) is 0 Å². The average molecular weight is 501 g/mol. The van der Waals surface area contributed by atoms with Crippen LogP contribution in [0.25, 0.3) is 27.9 Å². The van der Waals surface area contributed by atoms with Gasteiger partial charge in [0.05, 0.1) is 18.2 Å². The van der Waals surface area contributed by atoms with Crippen molar-refractivity contribution in [1.82, 2.24) is 24.5 Å². The number of amides is 1. The van der Waals surface area contributed by atoms with Gasteiger partial charge in [-0.2, -0.15) is 0 Å². The smallest absolute Gasteiger partial charge is 0.256 e. The minimum atomic E-state index is -0.862. The number of benzene rings is 3. The fourth-order valence-electron chi connectivity index (χ4n) is 4.65. The molecule has 3 heterocycles. The number of aromatic nitrogens is 4. The Hall–Kier alpha value is -4.60. The molecule has 5 aromatic rings. The molecule has 2 aromatic heterocycles. The van der Waals surface area contributed by atoms with Gasteiger partial charge < -0.3 is 14.5 Å². The highest BCUT2D eigenvalue weighted by molar-refractivity contribution is 5.95. The van der Waals surface area contributed by atoms with E-state index < -0.39 is 17.5 Å². The van der Waals surface area contributed by atoms with E-state index >= 15 is 0 Å². The van der Waals surface area contributed by atoms with Crippen molar-refractivity contribution in [3.63, 3.8) is 0 Å². The molecule has 186 valence electrons. The monoisotopic (exact) mass is 500 g/mol. The van der Waals surface area contributed by atoms with Gasteiger partial charge in [0.25, 0.3) is 5.91 Å². The zero-order valence-corrected chi connectivity index (χ0v) is 19.9. The second kappa shape index (κ2) is 9.12. The van der Waals surface area contributed by atoms with Gasteiger partial charge in [-0.05, 0) is 48.5 Å². The van der Waals surface area contributed by atoms with Crippen LogP contribution in [-0.4, -0.2) is 63.7 Å². The molecule has 1 aliphatic heterocycles. The van der Waals surface area contributed by atoms with Crippen LogP contribution in [0.5, 0.6) is 5.75 Å². The van der Waals surface area contributed by atoms with Crippen molar-refractivity contribution < 1.29 is 18.3 Å². The first-order chi connectivity index (χ1) is 18.0. The first-order valence-corrected chi connectivity index (χ1v) is 11.8. The van der Waals surface area contributed by atoms with Crippen LogP contribution in [0.1, 0.15) is 10.4 Å². The third kappa shape index (κ3) is 4.00. The molecule has 0 N–H and O–H groups in total. The molecule has 0 radical (unpaired) electrons. The van der Waals surface area contributed by atoms with Gasteiger partial charge in [-0.15, -0.1) is 10.2 Å². The largest absolute Gasteiger partial charge is 0.497 e. The van der Waals surface area contributed by atoms with Crippen molar-refractivity contribution in [1.29, 1.82) is 0 Å². The lowest BCUT2D eigenvalue weighted by atomic mass is 10.1. The van der Waals surface area contributed by atoms with Crippen molar-refractivity contribution >= 4 is 28.4 Å². The minimum absolute atomic E-state index is 0.137. The van der Waals surface area contributed by atoms with Crippen molar-refractivity contribution in [3.05, 3.63) is 83.9 Å². The molecule has 37 heavy (non-hydrogen) atoms. The fraction of sp³-hybridized carbons (Fsp3) is 0.185. The van der Waals surface area contributed by atoms with Crippen LogP contribution >= 0.6 is 0 Å². The van der Waals surface area contributed by atoms with E-state index in [0.29, 0.717) is 43.6 Å². The van der Waals surface area contributed by atoms with Crippen LogP contribution in [0, 0.1) is 11.6 Å². The summed E-state index contributed by atoms with van der Waals surface area (Å²) in [4.78, 5) is 21.5. The van der Waals surface area contributed by atoms with Gasteiger partial charge in [0.15, 0.2) is 11.5 Å². The Morgan fingerprint density at radius 1 is 0.919 bits per heavy atom. The molecule has 6 rings (SSSR count). The van der Waals surface area contributed by atoms with Crippen molar-refractivity contribution in [3.8, 4) is 17.1 Å². The summed E-state index contributed by atoms with van der Waals surface area (Å²) >= 11 is 0. The number of nitrogens with zero attached hydrogens (tertiary/aromatic N) is 6. The highest BCUT2D eigenvalue weighted by atomic mass is 19.1. The second-order valence-electron chi connectivity index (χ2n) is 8.74. The topological polar surface area (TPSA) is 75.9 Å². The first-order valence-electron chi connectivity index (χ1n) is 11.8. The number of rotatable bonds is 4. The highest BCUT2D eigenvalue weighted by Gasteiger charge is 2.27. The Kier molecular flexibility index (Phi) is 5.63. The van der Waals surface area contributed by atoms with Crippen molar-refractivity contribution in [2.24, 2.45) is 0 Å².